The van der Waals surface area contributed by atoms with Crippen molar-refractivity contribution in [2.75, 3.05) is 6.54 Å². The molecule has 2 atom stereocenters. The van der Waals surface area contributed by atoms with Crippen molar-refractivity contribution in [2.45, 2.75) is 57.1 Å². The van der Waals surface area contributed by atoms with E-state index in [-0.39, 0.29) is 23.0 Å². The van der Waals surface area contributed by atoms with Crippen LogP contribution in [0.1, 0.15) is 56.6 Å². The summed E-state index contributed by atoms with van der Waals surface area (Å²) in [6, 6.07) is 10.9. The molecule has 6 rings (SSSR count). The van der Waals surface area contributed by atoms with Gasteiger partial charge < -0.3 is 9.64 Å². The molecule has 0 N–H and O–H groups in total. The molecular formula is C20H22N2O2. The Kier molecular flexibility index (Phi) is 2.84. The molecule has 4 fully saturated rings. The Morgan fingerprint density at radius 1 is 1.17 bits per heavy atom. The lowest BCUT2D eigenvalue weighted by molar-refractivity contribution is -0.151. The van der Waals surface area contributed by atoms with Crippen LogP contribution in [0.25, 0.3) is 0 Å². The lowest BCUT2D eigenvalue weighted by atomic mass is 9.54. The zero-order valence-electron chi connectivity index (χ0n) is 13.8. The van der Waals surface area contributed by atoms with Crippen molar-refractivity contribution in [1.29, 1.82) is 5.26 Å². The molecule has 1 aromatic rings. The van der Waals surface area contributed by atoms with Gasteiger partial charge in [-0.2, -0.15) is 5.26 Å². The molecule has 4 bridgehead atoms. The van der Waals surface area contributed by atoms with Gasteiger partial charge in [-0.05, 0) is 44.6 Å². The summed E-state index contributed by atoms with van der Waals surface area (Å²) in [5.41, 5.74) is 0.804. The molecule has 1 aromatic carbocycles. The molecule has 3 saturated carbocycles. The summed E-state index contributed by atoms with van der Waals surface area (Å²) < 4.78 is 6.06. The molecule has 4 nitrogen and oxygen atoms in total. The second-order valence-electron chi connectivity index (χ2n) is 8.16. The van der Waals surface area contributed by atoms with Crippen molar-refractivity contribution in [3.63, 3.8) is 0 Å². The molecule has 1 amide bonds. The van der Waals surface area contributed by atoms with E-state index in [1.165, 1.54) is 0 Å². The average molecular weight is 322 g/mol. The first-order valence-electron chi connectivity index (χ1n) is 9.13. The molecule has 1 unspecified atom stereocenters. The van der Waals surface area contributed by atoms with Gasteiger partial charge in [-0.1, -0.05) is 18.2 Å². The maximum absolute atomic E-state index is 13.5. The van der Waals surface area contributed by atoms with E-state index in [1.807, 2.05) is 18.2 Å². The molecule has 5 aliphatic rings. The largest absolute Gasteiger partial charge is 0.488 e. The van der Waals surface area contributed by atoms with Crippen LogP contribution in [0.2, 0.25) is 0 Å². The van der Waals surface area contributed by atoms with Crippen LogP contribution in [0.3, 0.4) is 0 Å². The smallest absolute Gasteiger partial charge is 0.229 e. The first-order chi connectivity index (χ1) is 11.6. The van der Waals surface area contributed by atoms with Crippen LogP contribution in [-0.2, 0) is 4.79 Å². The summed E-state index contributed by atoms with van der Waals surface area (Å²) in [6.45, 7) is 0.712. The van der Waals surface area contributed by atoms with Crippen LogP contribution in [0.4, 0.5) is 0 Å². The highest BCUT2D eigenvalue weighted by Gasteiger charge is 2.56. The molecular weight excluding hydrogens is 300 g/mol. The lowest BCUT2D eigenvalue weighted by Crippen LogP contribution is -2.51. The first kappa shape index (κ1) is 14.3. The van der Waals surface area contributed by atoms with Crippen molar-refractivity contribution in [3.8, 4) is 11.8 Å². The fourth-order valence-electron chi connectivity index (χ4n) is 5.42. The molecule has 0 spiro atoms. The summed E-state index contributed by atoms with van der Waals surface area (Å²) in [5.74, 6) is 1.27. The fourth-order valence-corrected chi connectivity index (χ4v) is 5.42. The van der Waals surface area contributed by atoms with Crippen LogP contribution in [0.15, 0.2) is 24.3 Å². The normalized spacial score (nSPS) is 39.0. The van der Waals surface area contributed by atoms with Crippen LogP contribution < -0.4 is 4.74 Å². The fraction of sp³-hybridized carbons (Fsp3) is 0.600. The topological polar surface area (TPSA) is 53.3 Å². The number of rotatable bonds is 1. The minimum absolute atomic E-state index is 0.135. The van der Waals surface area contributed by atoms with Crippen LogP contribution in [-0.4, -0.2) is 23.5 Å². The average Bonchev–Trinajstić information content (AvgIpc) is 3.00. The third-order valence-corrected chi connectivity index (χ3v) is 7.03. The van der Waals surface area contributed by atoms with Gasteiger partial charge in [-0.3, -0.25) is 4.79 Å². The standard InChI is InChI=1S/C20H22N2O2/c21-13-19-5-8-20(9-6-19,10-7-19)18(23)22-12-14-11-16(22)15-3-1-2-4-17(15)24-14/h1-4,14,16H,5-12H2/t14-,16?,19?,20?/m0/s1. The number of carbonyl (C=O) groups is 1. The van der Waals surface area contributed by atoms with Crippen LogP contribution in [0, 0.1) is 22.2 Å². The predicted molar refractivity (Wildman–Crippen MR) is 88.1 cm³/mol. The zero-order chi connectivity index (χ0) is 16.4. The number of ether oxygens (including phenoxy) is 1. The summed E-state index contributed by atoms with van der Waals surface area (Å²) in [5, 5.41) is 9.47. The van der Waals surface area contributed by atoms with E-state index in [0.717, 1.165) is 56.3 Å². The SMILES string of the molecule is N#CC12CCC(C(=O)N3C[C@@H]4CC3c3ccccc3O4)(CC1)CC2. The van der Waals surface area contributed by atoms with Gasteiger partial charge in [-0.15, -0.1) is 0 Å². The van der Waals surface area contributed by atoms with Gasteiger partial charge in [-0.25, -0.2) is 0 Å². The van der Waals surface area contributed by atoms with Crippen LogP contribution >= 0.6 is 0 Å². The van der Waals surface area contributed by atoms with E-state index in [2.05, 4.69) is 17.0 Å². The molecule has 3 aliphatic carbocycles. The van der Waals surface area contributed by atoms with Crippen molar-refractivity contribution in [3.05, 3.63) is 29.8 Å². The Bertz CT molecular complexity index is 726. The number of nitriles is 1. The Balaban J connectivity index is 1.44. The third kappa shape index (κ3) is 1.81. The number of benzene rings is 1. The van der Waals surface area contributed by atoms with Gasteiger partial charge in [0.05, 0.1) is 24.1 Å². The highest BCUT2D eigenvalue weighted by Crippen LogP contribution is 2.58. The number of likely N-dealkylation sites (tertiary alicyclic amines) is 1. The van der Waals surface area contributed by atoms with E-state index in [4.69, 9.17) is 4.74 Å². The summed E-state index contributed by atoms with van der Waals surface area (Å²) in [7, 11) is 0. The summed E-state index contributed by atoms with van der Waals surface area (Å²) >= 11 is 0. The Morgan fingerprint density at radius 3 is 2.58 bits per heavy atom. The van der Waals surface area contributed by atoms with E-state index >= 15 is 0 Å². The number of nitrogens with zero attached hydrogens (tertiary/aromatic N) is 2. The van der Waals surface area contributed by atoms with Crippen molar-refractivity contribution < 1.29 is 9.53 Å². The molecule has 2 aliphatic heterocycles. The number of hydrogen-bond acceptors (Lipinski definition) is 3. The first-order valence-corrected chi connectivity index (χ1v) is 9.13. The minimum Gasteiger partial charge on any atom is -0.488 e. The number of amides is 1. The quantitative estimate of drug-likeness (QED) is 0.794. The van der Waals surface area contributed by atoms with Gasteiger partial charge in [0.15, 0.2) is 0 Å². The molecule has 0 radical (unpaired) electrons. The van der Waals surface area contributed by atoms with Crippen molar-refractivity contribution >= 4 is 5.91 Å². The highest BCUT2D eigenvalue weighted by atomic mass is 16.5. The lowest BCUT2D eigenvalue weighted by Gasteiger charge is -2.50. The Hall–Kier alpha value is -2.02. The number of carbonyl (C=O) groups excluding carboxylic acids is 1. The molecule has 24 heavy (non-hydrogen) atoms. The number of hydrogen-bond donors (Lipinski definition) is 0. The molecule has 0 aromatic heterocycles. The Labute approximate surface area is 142 Å². The number of para-hydroxylation sites is 1. The molecule has 2 heterocycles. The van der Waals surface area contributed by atoms with E-state index in [1.54, 1.807) is 0 Å². The predicted octanol–water partition coefficient (Wildman–Crippen LogP) is 3.59. The second kappa shape index (κ2) is 4.75. The van der Waals surface area contributed by atoms with E-state index in [0.29, 0.717) is 12.5 Å². The van der Waals surface area contributed by atoms with E-state index < -0.39 is 0 Å². The van der Waals surface area contributed by atoms with Gasteiger partial charge in [0.25, 0.3) is 0 Å². The van der Waals surface area contributed by atoms with Gasteiger partial charge in [0, 0.05) is 17.4 Å². The molecule has 124 valence electrons. The molecule has 1 saturated heterocycles. The summed E-state index contributed by atoms with van der Waals surface area (Å²) in [6.07, 6.45) is 6.39. The summed E-state index contributed by atoms with van der Waals surface area (Å²) in [4.78, 5) is 15.6. The maximum atomic E-state index is 13.5. The van der Waals surface area contributed by atoms with Gasteiger partial charge in [0.2, 0.25) is 5.91 Å². The second-order valence-corrected chi connectivity index (χ2v) is 8.16. The minimum atomic E-state index is -0.217. The van der Waals surface area contributed by atoms with Gasteiger partial charge in [0.1, 0.15) is 11.9 Å². The van der Waals surface area contributed by atoms with Crippen molar-refractivity contribution in [2.24, 2.45) is 10.8 Å². The van der Waals surface area contributed by atoms with Crippen LogP contribution in [0.5, 0.6) is 5.75 Å². The maximum Gasteiger partial charge on any atom is 0.229 e. The number of fused-ring (bicyclic) bond motifs is 7. The van der Waals surface area contributed by atoms with E-state index in [9.17, 15) is 10.1 Å². The monoisotopic (exact) mass is 322 g/mol. The third-order valence-electron chi connectivity index (χ3n) is 7.03. The zero-order valence-corrected chi connectivity index (χ0v) is 13.8. The van der Waals surface area contributed by atoms with Crippen molar-refractivity contribution in [1.82, 2.24) is 4.90 Å². The molecule has 4 heteroatoms. The van der Waals surface area contributed by atoms with Gasteiger partial charge >= 0.3 is 0 Å². The highest BCUT2D eigenvalue weighted by molar-refractivity contribution is 5.84. The Morgan fingerprint density at radius 2 is 1.88 bits per heavy atom.